The van der Waals surface area contributed by atoms with Crippen LogP contribution in [-0.2, 0) is 28.7 Å². The smallest absolute Gasteiger partial charge is 0.320 e. The van der Waals surface area contributed by atoms with E-state index in [4.69, 9.17) is 0 Å². The molecule has 6 nitrogen and oxygen atoms in total. The van der Waals surface area contributed by atoms with Gasteiger partial charge in [0.2, 0.25) is 0 Å². The standard InChI is InChI=1S/C14H16O6S2/c1-13(11(17)19-3)5-21-7(9(13)15)8-10(16)14(2,6-22-8)12(18)20-4/h5-6H2,1-4H3/b8-7-. The van der Waals surface area contributed by atoms with Crippen LogP contribution in [0.25, 0.3) is 0 Å². The van der Waals surface area contributed by atoms with Crippen molar-refractivity contribution in [3.8, 4) is 0 Å². The van der Waals surface area contributed by atoms with E-state index in [2.05, 4.69) is 9.47 Å². The summed E-state index contributed by atoms with van der Waals surface area (Å²) < 4.78 is 9.36. The van der Waals surface area contributed by atoms with E-state index in [1.165, 1.54) is 28.1 Å². The lowest BCUT2D eigenvalue weighted by Crippen LogP contribution is -2.37. The van der Waals surface area contributed by atoms with Crippen molar-refractivity contribution in [2.24, 2.45) is 10.8 Å². The Morgan fingerprint density at radius 3 is 1.45 bits per heavy atom. The number of rotatable bonds is 2. The summed E-state index contributed by atoms with van der Waals surface area (Å²) in [5, 5.41) is 0. The number of methoxy groups -OCH3 is 2. The van der Waals surface area contributed by atoms with Crippen LogP contribution in [0, 0.1) is 10.8 Å². The summed E-state index contributed by atoms with van der Waals surface area (Å²) in [5.41, 5.74) is -2.57. The fourth-order valence-corrected chi connectivity index (χ4v) is 5.17. The molecule has 22 heavy (non-hydrogen) atoms. The summed E-state index contributed by atoms with van der Waals surface area (Å²) in [6, 6.07) is 0. The van der Waals surface area contributed by atoms with Crippen molar-refractivity contribution in [1.82, 2.24) is 0 Å². The number of hydrogen-bond acceptors (Lipinski definition) is 8. The van der Waals surface area contributed by atoms with E-state index in [1.807, 2.05) is 0 Å². The minimum absolute atomic E-state index is 0.222. The normalized spacial score (nSPS) is 34.9. The summed E-state index contributed by atoms with van der Waals surface area (Å²) in [4.78, 5) is 49.2. The van der Waals surface area contributed by atoms with E-state index in [0.29, 0.717) is 0 Å². The van der Waals surface area contributed by atoms with Crippen LogP contribution in [0.3, 0.4) is 0 Å². The van der Waals surface area contributed by atoms with Gasteiger partial charge in [-0.25, -0.2) is 0 Å². The minimum atomic E-state index is -1.28. The van der Waals surface area contributed by atoms with Gasteiger partial charge < -0.3 is 9.47 Å². The van der Waals surface area contributed by atoms with E-state index < -0.39 is 34.3 Å². The van der Waals surface area contributed by atoms with Crippen molar-refractivity contribution in [2.45, 2.75) is 13.8 Å². The van der Waals surface area contributed by atoms with Gasteiger partial charge in [0, 0.05) is 11.5 Å². The van der Waals surface area contributed by atoms with Gasteiger partial charge in [-0.2, -0.15) is 0 Å². The van der Waals surface area contributed by atoms with E-state index in [-0.39, 0.29) is 21.3 Å². The lowest BCUT2D eigenvalue weighted by Gasteiger charge is -2.17. The average Bonchev–Trinajstić information content (AvgIpc) is 2.98. The summed E-state index contributed by atoms with van der Waals surface area (Å²) >= 11 is 2.32. The molecular formula is C14H16O6S2. The van der Waals surface area contributed by atoms with E-state index in [0.717, 1.165) is 23.5 Å². The minimum Gasteiger partial charge on any atom is -0.468 e. The number of thioether (sulfide) groups is 2. The van der Waals surface area contributed by atoms with E-state index in [1.54, 1.807) is 0 Å². The number of carbonyl (C=O) groups is 4. The van der Waals surface area contributed by atoms with Crippen LogP contribution in [0.5, 0.6) is 0 Å². The number of hydrogen-bond donors (Lipinski definition) is 0. The maximum absolute atomic E-state index is 12.5. The first-order valence-electron chi connectivity index (χ1n) is 6.48. The van der Waals surface area contributed by atoms with Gasteiger partial charge in [0.05, 0.1) is 24.0 Å². The maximum atomic E-state index is 12.5. The lowest BCUT2D eigenvalue weighted by molar-refractivity contribution is -0.155. The highest BCUT2D eigenvalue weighted by molar-refractivity contribution is 8.08. The van der Waals surface area contributed by atoms with Crippen LogP contribution < -0.4 is 0 Å². The molecule has 0 N–H and O–H groups in total. The van der Waals surface area contributed by atoms with Crippen molar-refractivity contribution >= 4 is 47.0 Å². The van der Waals surface area contributed by atoms with Crippen LogP contribution >= 0.6 is 23.5 Å². The Labute approximate surface area is 136 Å². The molecule has 2 rings (SSSR count). The highest BCUT2D eigenvalue weighted by Gasteiger charge is 2.55. The molecule has 0 amide bonds. The van der Waals surface area contributed by atoms with Crippen molar-refractivity contribution in [1.29, 1.82) is 0 Å². The zero-order valence-corrected chi connectivity index (χ0v) is 14.3. The summed E-state index contributed by atoms with van der Waals surface area (Å²) in [5.74, 6) is -1.64. The highest BCUT2D eigenvalue weighted by Crippen LogP contribution is 2.50. The zero-order chi connectivity index (χ0) is 16.7. The fourth-order valence-electron chi connectivity index (χ4n) is 2.29. The molecule has 0 aliphatic carbocycles. The van der Waals surface area contributed by atoms with Crippen molar-refractivity contribution in [3.63, 3.8) is 0 Å². The van der Waals surface area contributed by atoms with Gasteiger partial charge in [0.25, 0.3) is 0 Å². The SMILES string of the molecule is COC(=O)C1(C)CS/C(=C2\SCC(C)(C(=O)OC)C2=O)C1=O. The Balaban J connectivity index is 2.39. The van der Waals surface area contributed by atoms with Gasteiger partial charge in [-0.05, 0) is 13.8 Å². The topological polar surface area (TPSA) is 86.7 Å². The monoisotopic (exact) mass is 344 g/mol. The summed E-state index contributed by atoms with van der Waals surface area (Å²) in [6.45, 7) is 3.01. The van der Waals surface area contributed by atoms with Crippen molar-refractivity contribution < 1.29 is 28.7 Å². The number of allylic oxidation sites excluding steroid dienone is 2. The second-order valence-electron chi connectivity index (χ2n) is 5.54. The Bertz CT molecular complexity index is 558. The second kappa shape index (κ2) is 5.73. The van der Waals surface area contributed by atoms with Gasteiger partial charge in [-0.1, -0.05) is 0 Å². The Morgan fingerprint density at radius 1 is 0.864 bits per heavy atom. The Morgan fingerprint density at radius 2 is 1.18 bits per heavy atom. The molecular weight excluding hydrogens is 328 g/mol. The molecule has 2 atom stereocenters. The average molecular weight is 344 g/mol. The van der Waals surface area contributed by atoms with Crippen molar-refractivity contribution in [3.05, 3.63) is 9.81 Å². The fraction of sp³-hybridized carbons (Fsp3) is 0.571. The predicted molar refractivity (Wildman–Crippen MR) is 82.2 cm³/mol. The Hall–Kier alpha value is -1.28. The van der Waals surface area contributed by atoms with Gasteiger partial charge in [-0.3, -0.25) is 19.2 Å². The molecule has 2 aliphatic rings. The molecule has 2 saturated heterocycles. The van der Waals surface area contributed by atoms with Gasteiger partial charge in [0.1, 0.15) is 10.8 Å². The van der Waals surface area contributed by atoms with Crippen LogP contribution in [0.15, 0.2) is 9.81 Å². The number of carbonyl (C=O) groups excluding carboxylic acids is 4. The third kappa shape index (κ3) is 2.28. The first kappa shape index (κ1) is 17.1. The molecule has 8 heteroatoms. The lowest BCUT2D eigenvalue weighted by atomic mass is 9.85. The third-order valence-corrected chi connectivity index (χ3v) is 6.83. The van der Waals surface area contributed by atoms with E-state index in [9.17, 15) is 19.2 Å². The number of Topliss-reactive ketones (excluding diaryl/α,β-unsaturated/α-hetero) is 2. The molecule has 0 radical (unpaired) electrons. The van der Waals surface area contributed by atoms with Crippen LogP contribution in [0.1, 0.15) is 13.8 Å². The first-order valence-corrected chi connectivity index (χ1v) is 8.46. The predicted octanol–water partition coefficient (Wildman–Crippen LogP) is 1.19. The molecule has 0 spiro atoms. The van der Waals surface area contributed by atoms with Crippen molar-refractivity contribution in [2.75, 3.05) is 25.7 Å². The molecule has 0 bridgehead atoms. The summed E-state index contributed by atoms with van der Waals surface area (Å²) in [7, 11) is 2.45. The molecule has 0 aromatic rings. The molecule has 0 aromatic heterocycles. The van der Waals surface area contributed by atoms with Gasteiger partial charge in [0.15, 0.2) is 11.6 Å². The molecule has 2 unspecified atom stereocenters. The molecule has 120 valence electrons. The number of ketones is 2. The second-order valence-corrected chi connectivity index (χ2v) is 7.51. The largest absolute Gasteiger partial charge is 0.468 e. The maximum Gasteiger partial charge on any atom is 0.320 e. The third-order valence-electron chi connectivity index (χ3n) is 3.90. The molecule has 2 fully saturated rings. The van der Waals surface area contributed by atoms with E-state index >= 15 is 0 Å². The Kier molecular flexibility index (Phi) is 4.45. The highest BCUT2D eigenvalue weighted by atomic mass is 32.2. The van der Waals surface area contributed by atoms with Gasteiger partial charge >= 0.3 is 11.9 Å². The van der Waals surface area contributed by atoms with Gasteiger partial charge in [-0.15, -0.1) is 23.5 Å². The van der Waals surface area contributed by atoms with Crippen LogP contribution in [-0.4, -0.2) is 49.2 Å². The zero-order valence-electron chi connectivity index (χ0n) is 12.7. The van der Waals surface area contributed by atoms with Crippen LogP contribution in [0.4, 0.5) is 0 Å². The summed E-state index contributed by atoms with van der Waals surface area (Å²) in [6.07, 6.45) is 0. The first-order chi connectivity index (χ1) is 10.2. The quantitative estimate of drug-likeness (QED) is 0.419. The molecule has 2 heterocycles. The number of ether oxygens (including phenoxy) is 2. The molecule has 0 aromatic carbocycles. The number of esters is 2. The molecule has 2 aliphatic heterocycles. The molecule has 0 saturated carbocycles. The van der Waals surface area contributed by atoms with Crippen LogP contribution in [0.2, 0.25) is 0 Å².